The second kappa shape index (κ2) is 4.69. The molecule has 0 saturated carbocycles. The van der Waals surface area contributed by atoms with Crippen molar-refractivity contribution in [3.63, 3.8) is 0 Å². The molecular weight excluding hydrogens is 210 g/mol. The van der Waals surface area contributed by atoms with Crippen LogP contribution in [0.2, 0.25) is 0 Å². The zero-order valence-electron chi connectivity index (χ0n) is 10.6. The van der Waals surface area contributed by atoms with Crippen LogP contribution in [-0.4, -0.2) is 24.6 Å². The Morgan fingerprint density at radius 3 is 2.94 bits per heavy atom. The molecule has 2 aliphatic heterocycles. The molecule has 2 aliphatic rings. The molecule has 2 heterocycles. The second-order valence-electron chi connectivity index (χ2n) is 5.55. The molecule has 1 aromatic rings. The van der Waals surface area contributed by atoms with Gasteiger partial charge >= 0.3 is 0 Å². The van der Waals surface area contributed by atoms with Crippen LogP contribution in [-0.2, 0) is 13.0 Å². The number of likely N-dealkylation sites (tertiary alicyclic amines) is 1. The summed E-state index contributed by atoms with van der Waals surface area (Å²) in [6.45, 7) is 6.73. The maximum atomic E-state index is 5.82. The number of ether oxygens (including phenoxy) is 1. The van der Waals surface area contributed by atoms with Crippen LogP contribution in [0.25, 0.3) is 0 Å². The smallest absolute Gasteiger partial charge is 0.122 e. The van der Waals surface area contributed by atoms with E-state index in [1.54, 1.807) is 0 Å². The van der Waals surface area contributed by atoms with Crippen molar-refractivity contribution in [2.45, 2.75) is 32.7 Å². The largest absolute Gasteiger partial charge is 0.493 e. The Bertz CT molecular complexity index is 396. The highest BCUT2D eigenvalue weighted by molar-refractivity contribution is 5.39. The van der Waals surface area contributed by atoms with Gasteiger partial charge in [-0.25, -0.2) is 0 Å². The highest BCUT2D eigenvalue weighted by Gasteiger charge is 2.17. The van der Waals surface area contributed by atoms with Crippen LogP contribution in [0.5, 0.6) is 5.75 Å². The zero-order valence-corrected chi connectivity index (χ0v) is 10.6. The van der Waals surface area contributed by atoms with E-state index >= 15 is 0 Å². The summed E-state index contributed by atoms with van der Waals surface area (Å²) in [6.07, 6.45) is 3.89. The van der Waals surface area contributed by atoms with Crippen molar-refractivity contribution < 1.29 is 4.74 Å². The number of fused-ring (bicyclic) bond motifs is 1. The molecule has 1 fully saturated rings. The van der Waals surface area contributed by atoms with Crippen molar-refractivity contribution in [3.8, 4) is 5.75 Å². The van der Waals surface area contributed by atoms with Gasteiger partial charge in [0.25, 0.3) is 0 Å². The molecule has 0 spiro atoms. The molecule has 1 saturated heterocycles. The quantitative estimate of drug-likeness (QED) is 0.776. The van der Waals surface area contributed by atoms with Gasteiger partial charge in [-0.15, -0.1) is 0 Å². The second-order valence-corrected chi connectivity index (χ2v) is 5.55. The molecule has 0 radical (unpaired) electrons. The number of nitrogens with zero attached hydrogens (tertiary/aromatic N) is 1. The van der Waals surface area contributed by atoms with Gasteiger partial charge in [0.2, 0.25) is 0 Å². The van der Waals surface area contributed by atoms with E-state index in [9.17, 15) is 0 Å². The lowest BCUT2D eigenvalue weighted by Crippen LogP contribution is -2.20. The molecular formula is C15H21NO. The molecule has 17 heavy (non-hydrogen) atoms. The average Bonchev–Trinajstić information content (AvgIpc) is 2.82. The molecule has 0 N–H and O–H groups in total. The molecule has 0 aromatic heterocycles. The standard InChI is InChI=1S/C15H21NO/c1-12-8-14-5-4-13(9-15(14)17-11-12)10-16-6-2-3-7-16/h4-5,9,12H,2-3,6-8,10-11H2,1H3. The van der Waals surface area contributed by atoms with E-state index in [-0.39, 0.29) is 0 Å². The third-order valence-corrected chi connectivity index (χ3v) is 3.83. The predicted octanol–water partition coefficient (Wildman–Crippen LogP) is 2.85. The number of benzene rings is 1. The summed E-state index contributed by atoms with van der Waals surface area (Å²) >= 11 is 0. The summed E-state index contributed by atoms with van der Waals surface area (Å²) in [5.74, 6) is 1.78. The molecule has 1 atom stereocenters. The maximum absolute atomic E-state index is 5.82. The minimum absolute atomic E-state index is 0.659. The van der Waals surface area contributed by atoms with Gasteiger partial charge in [0.1, 0.15) is 5.75 Å². The summed E-state index contributed by atoms with van der Waals surface area (Å²) in [5.41, 5.74) is 2.79. The highest BCUT2D eigenvalue weighted by Crippen LogP contribution is 2.28. The summed E-state index contributed by atoms with van der Waals surface area (Å²) < 4.78 is 5.82. The van der Waals surface area contributed by atoms with Crippen molar-refractivity contribution in [2.75, 3.05) is 19.7 Å². The number of rotatable bonds is 2. The van der Waals surface area contributed by atoms with Gasteiger partial charge in [0, 0.05) is 6.54 Å². The fourth-order valence-corrected chi connectivity index (χ4v) is 2.87. The van der Waals surface area contributed by atoms with Crippen molar-refractivity contribution in [1.29, 1.82) is 0 Å². The molecule has 0 amide bonds. The van der Waals surface area contributed by atoms with Crippen molar-refractivity contribution in [2.24, 2.45) is 5.92 Å². The highest BCUT2D eigenvalue weighted by atomic mass is 16.5. The fourth-order valence-electron chi connectivity index (χ4n) is 2.87. The first kappa shape index (κ1) is 11.1. The van der Waals surface area contributed by atoms with Crippen LogP contribution in [0.15, 0.2) is 18.2 Å². The number of hydrogen-bond donors (Lipinski definition) is 0. The van der Waals surface area contributed by atoms with E-state index in [0.29, 0.717) is 5.92 Å². The van der Waals surface area contributed by atoms with E-state index in [1.165, 1.54) is 43.5 Å². The molecule has 92 valence electrons. The zero-order chi connectivity index (χ0) is 11.7. The molecule has 2 nitrogen and oxygen atoms in total. The lowest BCUT2D eigenvalue weighted by atomic mass is 9.97. The first-order chi connectivity index (χ1) is 8.31. The SMILES string of the molecule is CC1COc2cc(CN3CCCC3)ccc2C1. The lowest BCUT2D eigenvalue weighted by molar-refractivity contribution is 0.233. The third kappa shape index (κ3) is 2.47. The van der Waals surface area contributed by atoms with Crippen LogP contribution < -0.4 is 4.74 Å². The van der Waals surface area contributed by atoms with Crippen LogP contribution >= 0.6 is 0 Å². The number of hydrogen-bond acceptors (Lipinski definition) is 2. The normalized spacial score (nSPS) is 24.4. The topological polar surface area (TPSA) is 12.5 Å². The van der Waals surface area contributed by atoms with E-state index in [0.717, 1.165) is 18.9 Å². The van der Waals surface area contributed by atoms with E-state index in [4.69, 9.17) is 4.74 Å². The average molecular weight is 231 g/mol. The van der Waals surface area contributed by atoms with Gasteiger partial charge in [-0.05, 0) is 55.5 Å². The van der Waals surface area contributed by atoms with Crippen molar-refractivity contribution in [3.05, 3.63) is 29.3 Å². The van der Waals surface area contributed by atoms with Gasteiger partial charge in [-0.2, -0.15) is 0 Å². The van der Waals surface area contributed by atoms with Crippen molar-refractivity contribution >= 4 is 0 Å². The Morgan fingerprint density at radius 1 is 1.29 bits per heavy atom. The summed E-state index contributed by atoms with van der Waals surface area (Å²) in [6, 6.07) is 6.79. The Kier molecular flexibility index (Phi) is 3.06. The van der Waals surface area contributed by atoms with Gasteiger partial charge in [-0.3, -0.25) is 4.90 Å². The van der Waals surface area contributed by atoms with Crippen LogP contribution in [0, 0.1) is 5.92 Å². The molecule has 1 unspecified atom stereocenters. The van der Waals surface area contributed by atoms with Gasteiger partial charge in [0.05, 0.1) is 6.61 Å². The first-order valence-electron chi connectivity index (χ1n) is 6.78. The molecule has 0 aliphatic carbocycles. The fraction of sp³-hybridized carbons (Fsp3) is 0.600. The first-order valence-corrected chi connectivity index (χ1v) is 6.78. The Balaban J connectivity index is 1.74. The molecule has 1 aromatic carbocycles. The van der Waals surface area contributed by atoms with Gasteiger partial charge in [0.15, 0.2) is 0 Å². The van der Waals surface area contributed by atoms with E-state index in [1.807, 2.05) is 0 Å². The summed E-state index contributed by atoms with van der Waals surface area (Å²) in [5, 5.41) is 0. The maximum Gasteiger partial charge on any atom is 0.122 e. The van der Waals surface area contributed by atoms with Gasteiger partial charge in [-0.1, -0.05) is 19.1 Å². The van der Waals surface area contributed by atoms with Crippen molar-refractivity contribution in [1.82, 2.24) is 4.90 Å². The van der Waals surface area contributed by atoms with Crippen LogP contribution in [0.3, 0.4) is 0 Å². The minimum Gasteiger partial charge on any atom is -0.493 e. The van der Waals surface area contributed by atoms with Crippen LogP contribution in [0.4, 0.5) is 0 Å². The Morgan fingerprint density at radius 2 is 2.12 bits per heavy atom. The lowest BCUT2D eigenvalue weighted by Gasteiger charge is -2.23. The predicted molar refractivity (Wildman–Crippen MR) is 69.3 cm³/mol. The summed E-state index contributed by atoms with van der Waals surface area (Å²) in [4.78, 5) is 2.53. The monoisotopic (exact) mass is 231 g/mol. The summed E-state index contributed by atoms with van der Waals surface area (Å²) in [7, 11) is 0. The third-order valence-electron chi connectivity index (χ3n) is 3.83. The van der Waals surface area contributed by atoms with E-state index < -0.39 is 0 Å². The van der Waals surface area contributed by atoms with E-state index in [2.05, 4.69) is 30.0 Å². The van der Waals surface area contributed by atoms with Gasteiger partial charge < -0.3 is 4.74 Å². The molecule has 0 bridgehead atoms. The van der Waals surface area contributed by atoms with Crippen LogP contribution in [0.1, 0.15) is 30.9 Å². The Labute approximate surface area is 104 Å². The Hall–Kier alpha value is -1.02. The minimum atomic E-state index is 0.659. The molecule has 3 rings (SSSR count). The molecule has 2 heteroatoms.